The number of H-pyrrole nitrogens is 1. The molecule has 0 radical (unpaired) electrons. The number of rotatable bonds is 3. The second-order valence-corrected chi connectivity index (χ2v) is 7.31. The van der Waals surface area contributed by atoms with E-state index in [2.05, 4.69) is 25.6 Å². The van der Waals surface area contributed by atoms with Gasteiger partial charge in [-0.15, -0.1) is 10.2 Å². The van der Waals surface area contributed by atoms with Gasteiger partial charge in [0.05, 0.1) is 12.7 Å². The SMILES string of the molecule is Cn1nnc(-c2ccc(C(=O)N3CCc4[nH]nc(C5CC5)c4CC3)cc2)n1. The first-order chi connectivity index (χ1) is 13.2. The Hall–Kier alpha value is -3.03. The van der Waals surface area contributed by atoms with E-state index in [-0.39, 0.29) is 5.91 Å². The van der Waals surface area contributed by atoms with E-state index in [1.807, 2.05) is 29.2 Å². The topological polar surface area (TPSA) is 92.6 Å². The number of hydrogen-bond donors (Lipinski definition) is 1. The standard InChI is InChI=1S/C19H21N7O/c1-25-23-18(22-24-25)13-4-6-14(7-5-13)19(27)26-10-8-15-16(9-11-26)20-21-17(15)12-2-3-12/h4-7,12H,2-3,8-11H2,1H3,(H,20,21). The van der Waals surface area contributed by atoms with E-state index in [1.165, 1.54) is 34.6 Å². The van der Waals surface area contributed by atoms with E-state index in [0.717, 1.165) is 24.9 Å². The van der Waals surface area contributed by atoms with Gasteiger partial charge in [-0.3, -0.25) is 9.89 Å². The molecule has 8 nitrogen and oxygen atoms in total. The highest BCUT2D eigenvalue weighted by atomic mass is 16.2. The van der Waals surface area contributed by atoms with Gasteiger partial charge in [-0.1, -0.05) is 12.1 Å². The van der Waals surface area contributed by atoms with Gasteiger partial charge in [0.15, 0.2) is 0 Å². The van der Waals surface area contributed by atoms with Crippen molar-refractivity contribution in [1.29, 1.82) is 0 Å². The van der Waals surface area contributed by atoms with Gasteiger partial charge in [0, 0.05) is 42.2 Å². The Labute approximate surface area is 156 Å². The Morgan fingerprint density at radius 3 is 2.63 bits per heavy atom. The lowest BCUT2D eigenvalue weighted by Crippen LogP contribution is -2.33. The first-order valence-electron chi connectivity index (χ1n) is 9.39. The van der Waals surface area contributed by atoms with Crippen LogP contribution in [0.15, 0.2) is 24.3 Å². The number of nitrogens with one attached hydrogen (secondary N) is 1. The van der Waals surface area contributed by atoms with Crippen LogP contribution in [-0.4, -0.2) is 54.3 Å². The number of hydrogen-bond acceptors (Lipinski definition) is 5. The van der Waals surface area contributed by atoms with E-state index < -0.39 is 0 Å². The summed E-state index contributed by atoms with van der Waals surface area (Å²) in [5, 5.41) is 19.8. The first-order valence-corrected chi connectivity index (χ1v) is 9.39. The predicted molar refractivity (Wildman–Crippen MR) is 98.1 cm³/mol. The molecule has 138 valence electrons. The number of aromatic amines is 1. The molecule has 1 aliphatic carbocycles. The van der Waals surface area contributed by atoms with Crippen LogP contribution in [0.3, 0.4) is 0 Å². The lowest BCUT2D eigenvalue weighted by Gasteiger charge is -2.20. The molecular weight excluding hydrogens is 342 g/mol. The van der Waals surface area contributed by atoms with Crippen LogP contribution in [0.4, 0.5) is 0 Å². The number of fused-ring (bicyclic) bond motifs is 1. The lowest BCUT2D eigenvalue weighted by atomic mass is 10.1. The maximum atomic E-state index is 13.0. The van der Waals surface area contributed by atoms with Gasteiger partial charge in [-0.2, -0.15) is 9.90 Å². The summed E-state index contributed by atoms with van der Waals surface area (Å²) in [6, 6.07) is 7.43. The molecule has 0 bridgehead atoms. The summed E-state index contributed by atoms with van der Waals surface area (Å²) in [4.78, 5) is 16.3. The smallest absolute Gasteiger partial charge is 0.253 e. The molecule has 8 heteroatoms. The van der Waals surface area contributed by atoms with Gasteiger partial charge < -0.3 is 4.90 Å². The number of benzene rings is 1. The van der Waals surface area contributed by atoms with E-state index in [4.69, 9.17) is 0 Å². The summed E-state index contributed by atoms with van der Waals surface area (Å²) in [5.74, 6) is 1.26. The minimum Gasteiger partial charge on any atom is -0.338 e. The van der Waals surface area contributed by atoms with Crippen LogP contribution in [0.2, 0.25) is 0 Å². The second-order valence-electron chi connectivity index (χ2n) is 7.31. The highest BCUT2D eigenvalue weighted by Crippen LogP contribution is 2.41. The molecule has 2 aromatic heterocycles. The summed E-state index contributed by atoms with van der Waals surface area (Å²) in [5.41, 5.74) is 5.33. The van der Waals surface area contributed by atoms with Gasteiger partial charge in [-0.05, 0) is 42.2 Å². The number of carbonyl (C=O) groups excluding carboxylic acids is 1. The summed E-state index contributed by atoms with van der Waals surface area (Å²) in [6.45, 7) is 1.45. The van der Waals surface area contributed by atoms with Gasteiger partial charge in [0.2, 0.25) is 5.82 Å². The molecule has 3 aromatic rings. The maximum absolute atomic E-state index is 13.0. The monoisotopic (exact) mass is 363 g/mol. The zero-order valence-electron chi connectivity index (χ0n) is 15.2. The average Bonchev–Trinajstić information content (AvgIpc) is 3.38. The molecule has 0 spiro atoms. The first kappa shape index (κ1) is 16.2. The maximum Gasteiger partial charge on any atom is 0.253 e. The Morgan fingerprint density at radius 2 is 1.93 bits per heavy atom. The lowest BCUT2D eigenvalue weighted by molar-refractivity contribution is 0.0762. The minimum absolute atomic E-state index is 0.0692. The molecule has 3 heterocycles. The fourth-order valence-electron chi connectivity index (χ4n) is 3.75. The van der Waals surface area contributed by atoms with Crippen LogP contribution in [0.1, 0.15) is 46.1 Å². The van der Waals surface area contributed by atoms with E-state index in [0.29, 0.717) is 23.9 Å². The third-order valence-corrected chi connectivity index (χ3v) is 5.40. The minimum atomic E-state index is 0.0692. The summed E-state index contributed by atoms with van der Waals surface area (Å²) >= 11 is 0. The number of aryl methyl sites for hydroxylation is 1. The highest BCUT2D eigenvalue weighted by Gasteiger charge is 2.31. The largest absolute Gasteiger partial charge is 0.338 e. The van der Waals surface area contributed by atoms with Crippen LogP contribution in [0.5, 0.6) is 0 Å². The number of tetrazole rings is 1. The van der Waals surface area contributed by atoms with Crippen LogP contribution in [-0.2, 0) is 19.9 Å². The normalized spacial score (nSPS) is 16.9. The molecule has 1 aromatic carbocycles. The van der Waals surface area contributed by atoms with Crippen LogP contribution in [0.25, 0.3) is 11.4 Å². The van der Waals surface area contributed by atoms with Crippen molar-refractivity contribution in [3.8, 4) is 11.4 Å². The predicted octanol–water partition coefficient (Wildman–Crippen LogP) is 1.72. The zero-order valence-corrected chi connectivity index (χ0v) is 15.2. The molecule has 0 atom stereocenters. The summed E-state index contributed by atoms with van der Waals surface area (Å²) in [7, 11) is 1.73. The number of nitrogens with zero attached hydrogens (tertiary/aromatic N) is 6. The van der Waals surface area contributed by atoms with Crippen LogP contribution in [0, 0.1) is 0 Å². The molecule has 1 saturated carbocycles. The van der Waals surface area contributed by atoms with Crippen molar-refractivity contribution in [3.05, 3.63) is 46.8 Å². The molecular formula is C19H21N7O. The van der Waals surface area contributed by atoms with Crippen molar-refractivity contribution < 1.29 is 4.79 Å². The molecule has 1 fully saturated rings. The Morgan fingerprint density at radius 1 is 1.15 bits per heavy atom. The van der Waals surface area contributed by atoms with E-state index in [1.54, 1.807) is 7.05 Å². The van der Waals surface area contributed by atoms with Crippen molar-refractivity contribution in [2.45, 2.75) is 31.6 Å². The molecule has 1 N–H and O–H groups in total. The molecule has 5 rings (SSSR count). The third kappa shape index (κ3) is 3.01. The highest BCUT2D eigenvalue weighted by molar-refractivity contribution is 5.94. The van der Waals surface area contributed by atoms with Crippen LogP contribution >= 0.6 is 0 Å². The Bertz CT molecular complexity index is 984. The quantitative estimate of drug-likeness (QED) is 0.765. The molecule has 0 saturated heterocycles. The van der Waals surface area contributed by atoms with Gasteiger partial charge in [0.25, 0.3) is 5.91 Å². The van der Waals surface area contributed by atoms with Crippen molar-refractivity contribution in [2.24, 2.45) is 7.05 Å². The average molecular weight is 363 g/mol. The summed E-state index contributed by atoms with van der Waals surface area (Å²) in [6.07, 6.45) is 4.20. The van der Waals surface area contributed by atoms with Crippen molar-refractivity contribution >= 4 is 5.91 Å². The fraction of sp³-hybridized carbons (Fsp3) is 0.421. The summed E-state index contributed by atoms with van der Waals surface area (Å²) < 4.78 is 0. The van der Waals surface area contributed by atoms with E-state index >= 15 is 0 Å². The van der Waals surface area contributed by atoms with Crippen molar-refractivity contribution in [3.63, 3.8) is 0 Å². The van der Waals surface area contributed by atoms with Gasteiger partial charge in [0.1, 0.15) is 0 Å². The van der Waals surface area contributed by atoms with Crippen LogP contribution < -0.4 is 0 Å². The van der Waals surface area contributed by atoms with Crippen molar-refractivity contribution in [1.82, 2.24) is 35.3 Å². The molecule has 27 heavy (non-hydrogen) atoms. The Balaban J connectivity index is 1.31. The number of aromatic nitrogens is 6. The molecule has 1 amide bonds. The van der Waals surface area contributed by atoms with Crippen molar-refractivity contribution in [2.75, 3.05) is 13.1 Å². The zero-order chi connectivity index (χ0) is 18.4. The molecule has 2 aliphatic rings. The fourth-order valence-corrected chi connectivity index (χ4v) is 3.75. The number of carbonyl (C=O) groups is 1. The molecule has 0 unspecified atom stereocenters. The van der Waals surface area contributed by atoms with E-state index in [9.17, 15) is 4.79 Å². The number of amides is 1. The van der Waals surface area contributed by atoms with Gasteiger partial charge >= 0.3 is 0 Å². The Kier molecular flexibility index (Phi) is 3.77. The van der Waals surface area contributed by atoms with Gasteiger partial charge in [-0.25, -0.2) is 0 Å². The molecule has 1 aliphatic heterocycles. The second kappa shape index (κ2) is 6.29. The third-order valence-electron chi connectivity index (χ3n) is 5.40.